The number of aliphatic hydroxyl groups excluding tert-OH is 1. The van der Waals surface area contributed by atoms with Crippen LogP contribution in [-0.2, 0) is 9.53 Å². The highest BCUT2D eigenvalue weighted by atomic mass is 79.9. The first-order valence-corrected chi connectivity index (χ1v) is 6.91. The molecule has 0 radical (unpaired) electrons. The first-order valence-electron chi connectivity index (χ1n) is 6.12. The van der Waals surface area contributed by atoms with Gasteiger partial charge in [0, 0.05) is 4.47 Å². The number of esters is 1. The van der Waals surface area contributed by atoms with E-state index in [-0.39, 0.29) is 5.97 Å². The largest absolute Gasteiger partial charge is 0.466 e. The van der Waals surface area contributed by atoms with Crippen molar-refractivity contribution in [2.45, 2.75) is 33.3 Å². The van der Waals surface area contributed by atoms with Gasteiger partial charge in [0.15, 0.2) is 0 Å². The number of aryl methyl sites for hydroxylation is 1. The first kappa shape index (κ1) is 15.2. The molecule has 0 aliphatic rings. The van der Waals surface area contributed by atoms with Gasteiger partial charge in [0.05, 0.1) is 18.6 Å². The molecule has 0 spiro atoms. The maximum absolute atomic E-state index is 11.8. The first-order chi connectivity index (χ1) is 8.51. The summed E-state index contributed by atoms with van der Waals surface area (Å²) in [7, 11) is 0. The van der Waals surface area contributed by atoms with Gasteiger partial charge in [-0.2, -0.15) is 0 Å². The topological polar surface area (TPSA) is 46.5 Å². The van der Waals surface area contributed by atoms with Crippen molar-refractivity contribution in [2.24, 2.45) is 5.92 Å². The minimum absolute atomic E-state index is 0.330. The molecular weight excluding hydrogens is 296 g/mol. The molecule has 0 saturated heterocycles. The molecule has 0 fully saturated rings. The van der Waals surface area contributed by atoms with E-state index >= 15 is 0 Å². The average Bonchev–Trinajstić information content (AvgIpc) is 2.29. The molecule has 2 atom stereocenters. The third kappa shape index (κ3) is 3.56. The molecule has 0 bridgehead atoms. The standard InChI is InChI=1S/C14H19BrO3/c1-4-10(14(17)18-5-2)13(16)11-7-6-9(3)8-12(11)15/h6-8,10,13,16H,4-5H2,1-3H3. The van der Waals surface area contributed by atoms with Crippen LogP contribution >= 0.6 is 15.9 Å². The lowest BCUT2D eigenvalue weighted by molar-refractivity contribution is -0.152. The fraction of sp³-hybridized carbons (Fsp3) is 0.500. The highest BCUT2D eigenvalue weighted by Gasteiger charge is 2.28. The van der Waals surface area contributed by atoms with E-state index in [1.165, 1.54) is 0 Å². The van der Waals surface area contributed by atoms with E-state index in [4.69, 9.17) is 4.74 Å². The molecule has 0 aliphatic heterocycles. The monoisotopic (exact) mass is 314 g/mol. The third-order valence-electron chi connectivity index (χ3n) is 2.88. The molecule has 0 saturated carbocycles. The molecule has 1 aromatic carbocycles. The summed E-state index contributed by atoms with van der Waals surface area (Å²) in [6.07, 6.45) is -0.302. The Bertz CT molecular complexity index is 418. The summed E-state index contributed by atoms with van der Waals surface area (Å²) in [5, 5.41) is 10.3. The van der Waals surface area contributed by atoms with E-state index in [2.05, 4.69) is 15.9 Å². The minimum atomic E-state index is -0.843. The number of rotatable bonds is 5. The van der Waals surface area contributed by atoms with Gasteiger partial charge in [-0.25, -0.2) is 0 Å². The smallest absolute Gasteiger partial charge is 0.311 e. The molecule has 3 nitrogen and oxygen atoms in total. The van der Waals surface area contributed by atoms with Crippen molar-refractivity contribution < 1.29 is 14.6 Å². The number of carbonyl (C=O) groups excluding carboxylic acids is 1. The normalized spacial score (nSPS) is 14.1. The quantitative estimate of drug-likeness (QED) is 0.847. The maximum atomic E-state index is 11.8. The molecule has 0 aliphatic carbocycles. The highest BCUT2D eigenvalue weighted by molar-refractivity contribution is 9.10. The number of benzene rings is 1. The summed E-state index contributed by atoms with van der Waals surface area (Å²) >= 11 is 3.42. The van der Waals surface area contributed by atoms with Gasteiger partial charge < -0.3 is 9.84 Å². The number of hydrogen-bond donors (Lipinski definition) is 1. The minimum Gasteiger partial charge on any atom is -0.466 e. The zero-order valence-electron chi connectivity index (χ0n) is 10.9. The Morgan fingerprint density at radius 1 is 1.44 bits per heavy atom. The molecule has 18 heavy (non-hydrogen) atoms. The lowest BCUT2D eigenvalue weighted by Gasteiger charge is -2.21. The van der Waals surface area contributed by atoms with Crippen LogP contribution < -0.4 is 0 Å². The van der Waals surface area contributed by atoms with Crippen LogP contribution in [0.1, 0.15) is 37.5 Å². The van der Waals surface area contributed by atoms with E-state index in [0.717, 1.165) is 15.6 Å². The number of ether oxygens (including phenoxy) is 1. The second-order valence-electron chi connectivity index (χ2n) is 4.24. The molecule has 100 valence electrons. The van der Waals surface area contributed by atoms with E-state index in [1.54, 1.807) is 6.92 Å². The molecule has 1 rings (SSSR count). The van der Waals surface area contributed by atoms with Crippen molar-refractivity contribution in [2.75, 3.05) is 6.61 Å². The van der Waals surface area contributed by atoms with Crippen LogP contribution in [0.15, 0.2) is 22.7 Å². The molecule has 4 heteroatoms. The van der Waals surface area contributed by atoms with E-state index in [1.807, 2.05) is 32.0 Å². The second kappa shape index (κ2) is 6.90. The van der Waals surface area contributed by atoms with Gasteiger partial charge in [0.25, 0.3) is 0 Å². The molecule has 1 aromatic rings. The fourth-order valence-electron chi connectivity index (χ4n) is 1.86. The van der Waals surface area contributed by atoms with E-state index in [9.17, 15) is 9.90 Å². The van der Waals surface area contributed by atoms with E-state index < -0.39 is 12.0 Å². The van der Waals surface area contributed by atoms with Crippen LogP contribution in [0.4, 0.5) is 0 Å². The van der Waals surface area contributed by atoms with Crippen LogP contribution in [0.5, 0.6) is 0 Å². The van der Waals surface area contributed by atoms with E-state index in [0.29, 0.717) is 13.0 Å². The Labute approximate surface area is 116 Å². The van der Waals surface area contributed by atoms with Crippen LogP contribution in [0.25, 0.3) is 0 Å². The van der Waals surface area contributed by atoms with Gasteiger partial charge in [0.2, 0.25) is 0 Å². The number of aliphatic hydroxyl groups is 1. The summed E-state index contributed by atoms with van der Waals surface area (Å²) in [6, 6.07) is 5.68. The maximum Gasteiger partial charge on any atom is 0.311 e. The van der Waals surface area contributed by atoms with Crippen molar-refractivity contribution in [1.29, 1.82) is 0 Å². The van der Waals surface area contributed by atoms with Crippen LogP contribution in [-0.4, -0.2) is 17.7 Å². The van der Waals surface area contributed by atoms with Gasteiger partial charge >= 0.3 is 5.97 Å². The van der Waals surface area contributed by atoms with Crippen molar-refractivity contribution >= 4 is 21.9 Å². The van der Waals surface area contributed by atoms with Crippen molar-refractivity contribution in [3.8, 4) is 0 Å². The average molecular weight is 315 g/mol. The number of halogens is 1. The molecule has 0 aromatic heterocycles. The van der Waals surface area contributed by atoms with Crippen LogP contribution in [0.3, 0.4) is 0 Å². The van der Waals surface area contributed by atoms with Crippen molar-refractivity contribution in [3.05, 3.63) is 33.8 Å². The summed E-state index contributed by atoms with van der Waals surface area (Å²) in [6.45, 7) is 5.94. The number of carbonyl (C=O) groups is 1. The summed E-state index contributed by atoms with van der Waals surface area (Å²) < 4.78 is 5.80. The molecule has 0 amide bonds. The SMILES string of the molecule is CCOC(=O)C(CC)C(O)c1ccc(C)cc1Br. The predicted molar refractivity (Wildman–Crippen MR) is 74.3 cm³/mol. The van der Waals surface area contributed by atoms with Gasteiger partial charge in [-0.05, 0) is 37.5 Å². The Balaban J connectivity index is 2.96. The van der Waals surface area contributed by atoms with Gasteiger partial charge in [-0.15, -0.1) is 0 Å². The molecule has 1 N–H and O–H groups in total. The Kier molecular flexibility index (Phi) is 5.82. The highest BCUT2D eigenvalue weighted by Crippen LogP contribution is 2.31. The van der Waals surface area contributed by atoms with Gasteiger partial charge in [0.1, 0.15) is 0 Å². The van der Waals surface area contributed by atoms with Gasteiger partial charge in [-0.1, -0.05) is 35.0 Å². The molecule has 0 heterocycles. The molecule has 2 unspecified atom stereocenters. The Morgan fingerprint density at radius 3 is 2.61 bits per heavy atom. The zero-order chi connectivity index (χ0) is 13.7. The second-order valence-corrected chi connectivity index (χ2v) is 5.09. The number of hydrogen-bond acceptors (Lipinski definition) is 3. The van der Waals surface area contributed by atoms with Crippen molar-refractivity contribution in [3.63, 3.8) is 0 Å². The predicted octanol–water partition coefficient (Wildman–Crippen LogP) is 3.38. The van der Waals surface area contributed by atoms with Crippen LogP contribution in [0.2, 0.25) is 0 Å². The lowest BCUT2D eigenvalue weighted by atomic mass is 9.93. The Morgan fingerprint density at radius 2 is 2.11 bits per heavy atom. The third-order valence-corrected chi connectivity index (χ3v) is 3.57. The molecular formula is C14H19BrO3. The van der Waals surface area contributed by atoms with Crippen LogP contribution in [0, 0.1) is 12.8 Å². The summed E-state index contributed by atoms with van der Waals surface area (Å²) in [4.78, 5) is 11.8. The van der Waals surface area contributed by atoms with Gasteiger partial charge in [-0.3, -0.25) is 4.79 Å². The fourth-order valence-corrected chi connectivity index (χ4v) is 2.58. The lowest BCUT2D eigenvalue weighted by Crippen LogP contribution is -2.24. The van der Waals surface area contributed by atoms with Crippen molar-refractivity contribution in [1.82, 2.24) is 0 Å². The zero-order valence-corrected chi connectivity index (χ0v) is 12.5. The summed E-state index contributed by atoms with van der Waals surface area (Å²) in [5.74, 6) is -0.871. The Hall–Kier alpha value is -0.870. The summed E-state index contributed by atoms with van der Waals surface area (Å²) in [5.41, 5.74) is 1.82.